The van der Waals surface area contributed by atoms with Gasteiger partial charge in [-0.25, -0.2) is 13.2 Å². The first kappa shape index (κ1) is 22.5. The number of hydrogen-bond acceptors (Lipinski definition) is 4. The molecule has 6 nitrogen and oxygen atoms in total. The maximum Gasteiger partial charge on any atom is 0.257 e. The van der Waals surface area contributed by atoms with E-state index in [1.54, 1.807) is 13.8 Å². The van der Waals surface area contributed by atoms with Crippen LogP contribution >= 0.6 is 0 Å². The minimum atomic E-state index is -0.901. The van der Waals surface area contributed by atoms with E-state index in [-0.39, 0.29) is 24.4 Å². The lowest BCUT2D eigenvalue weighted by molar-refractivity contribution is 0.0249. The van der Waals surface area contributed by atoms with Gasteiger partial charge in [-0.15, -0.1) is 0 Å². The van der Waals surface area contributed by atoms with E-state index in [0.717, 1.165) is 18.2 Å². The van der Waals surface area contributed by atoms with Crippen molar-refractivity contribution in [3.8, 4) is 11.5 Å². The Bertz CT molecular complexity index is 1000. The highest BCUT2D eigenvalue weighted by molar-refractivity contribution is 5.97. The fourth-order valence-corrected chi connectivity index (χ4v) is 3.84. The third-order valence-corrected chi connectivity index (χ3v) is 5.32. The molecule has 1 aliphatic heterocycles. The molecule has 2 atom stereocenters. The van der Waals surface area contributed by atoms with Crippen LogP contribution in [0.1, 0.15) is 34.6 Å². The zero-order valence-corrected chi connectivity index (χ0v) is 17.6. The van der Waals surface area contributed by atoms with Gasteiger partial charge < -0.3 is 19.3 Å². The molecule has 0 saturated carbocycles. The first-order valence-corrected chi connectivity index (χ1v) is 9.66. The van der Waals surface area contributed by atoms with Crippen LogP contribution in [0.3, 0.4) is 0 Å². The molecule has 2 aromatic carbocycles. The molecule has 9 heteroatoms. The summed E-state index contributed by atoms with van der Waals surface area (Å²) in [6, 6.07) is 4.64. The molecule has 0 unspecified atom stereocenters. The molecule has 1 saturated heterocycles. The predicted molar refractivity (Wildman–Crippen MR) is 107 cm³/mol. The molecule has 2 amide bonds. The molecule has 166 valence electrons. The van der Waals surface area contributed by atoms with Crippen LogP contribution in [-0.4, -0.2) is 61.0 Å². The molecule has 0 spiro atoms. The maximum absolute atomic E-state index is 14.4. The largest absolute Gasteiger partial charge is 0.497 e. The minimum Gasteiger partial charge on any atom is -0.497 e. The maximum atomic E-state index is 14.4. The fraction of sp³-hybridized carbons (Fsp3) is 0.364. The Hall–Kier alpha value is -3.23. The third-order valence-electron chi connectivity index (χ3n) is 5.32. The Balaban J connectivity index is 1.81. The smallest absolute Gasteiger partial charge is 0.257 e. The second-order valence-electron chi connectivity index (χ2n) is 7.43. The van der Waals surface area contributed by atoms with Gasteiger partial charge in [0.1, 0.15) is 17.4 Å². The van der Waals surface area contributed by atoms with Gasteiger partial charge in [0.05, 0.1) is 25.3 Å². The molecule has 0 radical (unpaired) electrons. The summed E-state index contributed by atoms with van der Waals surface area (Å²) in [7, 11) is 2.60. The summed E-state index contributed by atoms with van der Waals surface area (Å²) < 4.78 is 52.4. The van der Waals surface area contributed by atoms with Crippen LogP contribution in [0.15, 0.2) is 30.3 Å². The summed E-state index contributed by atoms with van der Waals surface area (Å²) in [6.45, 7) is 3.58. The van der Waals surface area contributed by atoms with Crippen LogP contribution < -0.4 is 9.47 Å². The average molecular weight is 436 g/mol. The number of halogens is 3. The summed E-state index contributed by atoms with van der Waals surface area (Å²) in [6.07, 6.45) is 0. The number of nitrogens with zero attached hydrogens (tertiary/aromatic N) is 2. The second-order valence-corrected chi connectivity index (χ2v) is 7.43. The highest BCUT2D eigenvalue weighted by Gasteiger charge is 2.37. The third kappa shape index (κ3) is 4.30. The Morgan fingerprint density at radius 3 is 2.00 bits per heavy atom. The van der Waals surface area contributed by atoms with Gasteiger partial charge in [0.2, 0.25) is 0 Å². The lowest BCUT2D eigenvalue weighted by Crippen LogP contribution is -2.60. The summed E-state index contributed by atoms with van der Waals surface area (Å²) in [5, 5.41) is 0. The van der Waals surface area contributed by atoms with Crippen LogP contribution in [0, 0.1) is 17.5 Å². The van der Waals surface area contributed by atoms with Crippen molar-refractivity contribution < 1.29 is 32.2 Å². The number of methoxy groups -OCH3 is 2. The van der Waals surface area contributed by atoms with Crippen molar-refractivity contribution in [1.29, 1.82) is 0 Å². The molecule has 1 heterocycles. The van der Waals surface area contributed by atoms with E-state index in [1.165, 1.54) is 36.2 Å². The molecule has 0 aliphatic carbocycles. The van der Waals surface area contributed by atoms with Gasteiger partial charge in [0.15, 0.2) is 11.6 Å². The SMILES string of the molecule is COc1ccc(C(=O)N2[C@H](C)CN(C(=O)c3cc(F)c(OC)cc3F)C[C@H]2C)c(F)c1. The second kappa shape index (κ2) is 8.87. The van der Waals surface area contributed by atoms with Crippen molar-refractivity contribution in [1.82, 2.24) is 9.80 Å². The molecule has 31 heavy (non-hydrogen) atoms. The Morgan fingerprint density at radius 2 is 1.45 bits per heavy atom. The van der Waals surface area contributed by atoms with Gasteiger partial charge in [0.25, 0.3) is 11.8 Å². The van der Waals surface area contributed by atoms with Gasteiger partial charge in [-0.2, -0.15) is 0 Å². The van der Waals surface area contributed by atoms with Gasteiger partial charge >= 0.3 is 0 Å². The fourth-order valence-electron chi connectivity index (χ4n) is 3.84. The number of hydrogen-bond donors (Lipinski definition) is 0. The standard InChI is InChI=1S/C22H23F3N2O4/c1-12-10-26(21(28)16-8-19(25)20(31-4)9-18(16)24)11-13(2)27(12)22(29)15-6-5-14(30-3)7-17(15)23/h5-9,12-13H,10-11H2,1-4H3/t12-,13-/m1/s1. The van der Waals surface area contributed by atoms with E-state index in [4.69, 9.17) is 9.47 Å². The van der Waals surface area contributed by atoms with Gasteiger partial charge in [-0.1, -0.05) is 0 Å². The number of rotatable bonds is 4. The number of piperazine rings is 1. The van der Waals surface area contributed by atoms with Gasteiger partial charge in [0, 0.05) is 37.3 Å². The summed E-state index contributed by atoms with van der Waals surface area (Å²) >= 11 is 0. The van der Waals surface area contributed by atoms with E-state index < -0.39 is 46.9 Å². The van der Waals surface area contributed by atoms with Crippen molar-refractivity contribution >= 4 is 11.8 Å². The number of benzene rings is 2. The zero-order chi connectivity index (χ0) is 22.9. The molecule has 0 N–H and O–H groups in total. The van der Waals surface area contributed by atoms with E-state index in [9.17, 15) is 22.8 Å². The Morgan fingerprint density at radius 1 is 0.839 bits per heavy atom. The summed E-state index contributed by atoms with van der Waals surface area (Å²) in [5.41, 5.74) is -0.527. The molecular formula is C22H23F3N2O4. The summed E-state index contributed by atoms with van der Waals surface area (Å²) in [5.74, 6) is -3.68. The highest BCUT2D eigenvalue weighted by atomic mass is 19.1. The van der Waals surface area contributed by atoms with Crippen molar-refractivity contribution in [3.63, 3.8) is 0 Å². The van der Waals surface area contributed by atoms with Crippen LogP contribution in [0.2, 0.25) is 0 Å². The van der Waals surface area contributed by atoms with Gasteiger partial charge in [-0.3, -0.25) is 9.59 Å². The van der Waals surface area contributed by atoms with Crippen LogP contribution in [-0.2, 0) is 0 Å². The van der Waals surface area contributed by atoms with E-state index >= 15 is 0 Å². The van der Waals surface area contributed by atoms with Crippen molar-refractivity contribution in [2.24, 2.45) is 0 Å². The molecule has 3 rings (SSSR count). The van der Waals surface area contributed by atoms with Gasteiger partial charge in [-0.05, 0) is 32.0 Å². The van der Waals surface area contributed by atoms with Crippen LogP contribution in [0.5, 0.6) is 11.5 Å². The molecule has 0 bridgehead atoms. The van der Waals surface area contributed by atoms with Crippen LogP contribution in [0.4, 0.5) is 13.2 Å². The van der Waals surface area contributed by atoms with Crippen molar-refractivity contribution in [2.75, 3.05) is 27.3 Å². The molecule has 1 aliphatic rings. The zero-order valence-electron chi connectivity index (χ0n) is 17.6. The average Bonchev–Trinajstić information content (AvgIpc) is 2.73. The first-order valence-electron chi connectivity index (χ1n) is 9.66. The quantitative estimate of drug-likeness (QED) is 0.736. The van der Waals surface area contributed by atoms with E-state index in [2.05, 4.69) is 0 Å². The van der Waals surface area contributed by atoms with Crippen LogP contribution in [0.25, 0.3) is 0 Å². The van der Waals surface area contributed by atoms with E-state index in [0.29, 0.717) is 5.75 Å². The Kier molecular flexibility index (Phi) is 6.42. The predicted octanol–water partition coefficient (Wildman–Crippen LogP) is 3.50. The highest BCUT2D eigenvalue weighted by Crippen LogP contribution is 2.26. The minimum absolute atomic E-state index is 0.0831. The number of ether oxygens (including phenoxy) is 2. The topological polar surface area (TPSA) is 59.1 Å². The van der Waals surface area contributed by atoms with Crippen molar-refractivity contribution in [3.05, 3.63) is 58.9 Å². The number of carbonyl (C=O) groups is 2. The molecule has 0 aromatic heterocycles. The normalized spacial score (nSPS) is 18.7. The first-order chi connectivity index (χ1) is 14.7. The number of amides is 2. The summed E-state index contributed by atoms with van der Waals surface area (Å²) in [4.78, 5) is 28.7. The lowest BCUT2D eigenvalue weighted by Gasteiger charge is -2.44. The molecule has 2 aromatic rings. The van der Waals surface area contributed by atoms with E-state index in [1.807, 2.05) is 0 Å². The molecular weight excluding hydrogens is 413 g/mol. The lowest BCUT2D eigenvalue weighted by atomic mass is 10.0. The number of carbonyl (C=O) groups excluding carboxylic acids is 2. The Labute approximate surface area is 178 Å². The van der Waals surface area contributed by atoms with Crippen molar-refractivity contribution in [2.45, 2.75) is 25.9 Å². The molecule has 1 fully saturated rings. The monoisotopic (exact) mass is 436 g/mol.